The topological polar surface area (TPSA) is 619 Å². The number of nitrogens with one attached hydrogen (secondary N) is 8. The number of anilines is 6. The molecule has 496 valence electrons. The molecule has 94 heavy (non-hydrogen) atoms. The summed E-state index contributed by atoms with van der Waals surface area (Å²) in [6.07, 6.45) is -0.263. The average molecular weight is 1390 g/mol. The second-order valence-corrected chi connectivity index (χ2v) is 22.2. The van der Waals surface area contributed by atoms with Gasteiger partial charge in [-0.15, -0.1) is 29.4 Å². The van der Waals surface area contributed by atoms with Crippen LogP contribution in [0.4, 0.5) is 57.9 Å². The first-order chi connectivity index (χ1) is 45.0. The number of hydrogen-bond donors (Lipinski definition) is 18. The van der Waals surface area contributed by atoms with Gasteiger partial charge in [0, 0.05) is 28.5 Å². The molecule has 0 unspecified atom stereocenters. The molecule has 0 spiro atoms. The normalized spacial score (nSPS) is 11.8. The molecule has 2 amide bonds. The van der Waals surface area contributed by atoms with E-state index in [1.54, 1.807) is 5.48 Å². The molecule has 0 aliphatic heterocycles. The molecule has 0 radical (unpaired) electrons. The number of aromatic carboxylic acids is 1. The Morgan fingerprint density at radius 1 is 0.585 bits per heavy atom. The third kappa shape index (κ3) is 18.9. The van der Waals surface area contributed by atoms with Gasteiger partial charge >= 0.3 is 28.1 Å². The Labute approximate surface area is 531 Å². The molecule has 0 aliphatic rings. The standard InChI is InChI=1S/C47H44N18O25S4/c66-19-48-84-88-90-91-27-13-22-16-32(93(78,79)80)38(63-59-24-7-5-21(6-8-24)41(72)73)40(71)35(22)29(17-27)50-42-52-44(56-46(74)54-42)64-60-33(68)3-1-2-4-34(69)61-65-45-53-43(55-47(75)57-45)51-30-18-28(94(81,82)85-49-20-67)14-23-15-31(92-89-87-77)37(39(70)36(23)30)62-58-25-9-11-26(12-10-25)83-86-76/h5-18,48-49,66-67,70-71,76-77H,1-4,19-20H2,(H,60,68)(H,61,69)(H,72,73)(H,78,79,80)(H3,50,52,54,56,64,74)(H3,51,53,55,57,65,75). The van der Waals surface area contributed by atoms with Crippen LogP contribution in [0.25, 0.3) is 21.5 Å². The lowest BCUT2D eigenvalue weighted by Gasteiger charge is -2.16. The number of carboxylic acid groups (broad SMARTS) is 1. The predicted molar refractivity (Wildman–Crippen MR) is 314 cm³/mol. The van der Waals surface area contributed by atoms with Gasteiger partial charge in [0.15, 0.2) is 17.2 Å². The Morgan fingerprint density at radius 3 is 1.68 bits per heavy atom. The summed E-state index contributed by atoms with van der Waals surface area (Å²) in [5.41, 5.74) is 11.5. The molecule has 8 rings (SSSR count). The highest BCUT2D eigenvalue weighted by Crippen LogP contribution is 2.49. The number of unbranched alkanes of at least 4 members (excludes halogenated alkanes) is 1. The number of nitrogens with zero attached hydrogens (tertiary/aromatic N) is 10. The number of hydrazine groups is 2. The summed E-state index contributed by atoms with van der Waals surface area (Å²) < 4.78 is 76.1. The van der Waals surface area contributed by atoms with E-state index in [1.165, 1.54) is 66.7 Å². The van der Waals surface area contributed by atoms with Gasteiger partial charge in [-0.05, 0) is 119 Å². The highest BCUT2D eigenvalue weighted by Gasteiger charge is 2.27. The number of phenols is 2. The number of amides is 2. The largest absolute Gasteiger partial charge is 0.505 e. The van der Waals surface area contributed by atoms with Crippen molar-refractivity contribution in [3.05, 3.63) is 90.5 Å². The number of aromatic hydroxyl groups is 4. The third-order valence-corrected chi connectivity index (χ3v) is 14.7. The summed E-state index contributed by atoms with van der Waals surface area (Å²) in [7, 11) is -9.93. The number of carbonyl (C=O) groups is 3. The van der Waals surface area contributed by atoms with Gasteiger partial charge in [0.25, 0.3) is 10.1 Å². The molecular weight excluding hydrogens is 1340 g/mol. The van der Waals surface area contributed by atoms with E-state index >= 15 is 0 Å². The molecule has 0 bridgehead atoms. The van der Waals surface area contributed by atoms with Crippen molar-refractivity contribution in [2.75, 3.05) is 34.9 Å². The molecular formula is C47H44N18O25S4. The zero-order valence-electron chi connectivity index (χ0n) is 46.5. The van der Waals surface area contributed by atoms with Gasteiger partial charge in [0.1, 0.15) is 29.7 Å². The maximum atomic E-state index is 13.2. The van der Waals surface area contributed by atoms with E-state index in [4.69, 9.17) is 20.0 Å². The second kappa shape index (κ2) is 32.3. The number of carboxylic acids is 1. The molecule has 47 heteroatoms. The lowest BCUT2D eigenvalue weighted by molar-refractivity contribution is -0.489. The first kappa shape index (κ1) is 69.6. The van der Waals surface area contributed by atoms with Gasteiger partial charge in [0.2, 0.25) is 35.6 Å². The number of hydrogen-bond acceptors (Lipinski definition) is 41. The minimum atomic E-state index is -5.17. The molecule has 0 atom stereocenters. The van der Waals surface area contributed by atoms with Crippen molar-refractivity contribution in [2.45, 2.75) is 45.3 Å². The summed E-state index contributed by atoms with van der Waals surface area (Å²) in [5.74, 6) is -6.14. The van der Waals surface area contributed by atoms with Crippen molar-refractivity contribution < 1.29 is 120 Å². The molecule has 0 saturated heterocycles. The van der Waals surface area contributed by atoms with Crippen LogP contribution in [-0.4, -0.2) is 129 Å². The Morgan fingerprint density at radius 2 is 1.13 bits per heavy atom. The average Bonchev–Trinajstić information content (AvgIpc) is 0.762. The molecule has 0 saturated carbocycles. The maximum absolute atomic E-state index is 13.2. The summed E-state index contributed by atoms with van der Waals surface area (Å²) in [4.78, 5) is 67.6. The molecule has 6 aromatic carbocycles. The van der Waals surface area contributed by atoms with Gasteiger partial charge in [-0.1, -0.05) is 5.04 Å². The Kier molecular flexibility index (Phi) is 23.9. The quantitative estimate of drug-likeness (QED) is 0.00462. The molecule has 2 aromatic heterocycles. The van der Waals surface area contributed by atoms with E-state index in [0.29, 0.717) is 24.1 Å². The first-order valence-electron chi connectivity index (χ1n) is 25.4. The Bertz CT molecular complexity index is 4380. The number of hydroxylamine groups is 2. The zero-order valence-corrected chi connectivity index (χ0v) is 49.8. The first-order valence-corrected chi connectivity index (χ1v) is 29.8. The molecule has 8 aromatic rings. The van der Waals surface area contributed by atoms with Crippen LogP contribution >= 0.6 is 24.1 Å². The van der Waals surface area contributed by atoms with E-state index in [0.717, 1.165) is 18.2 Å². The fraction of sp³-hybridized carbons (Fsp3) is 0.128. The Balaban J connectivity index is 0.922. The van der Waals surface area contributed by atoms with Gasteiger partial charge in [-0.3, -0.25) is 35.8 Å². The monoisotopic (exact) mass is 1390 g/mol. The van der Waals surface area contributed by atoms with Crippen LogP contribution in [0.5, 0.6) is 29.3 Å². The van der Waals surface area contributed by atoms with Crippen molar-refractivity contribution >= 4 is 142 Å². The van der Waals surface area contributed by atoms with Crippen LogP contribution in [0.15, 0.2) is 125 Å². The number of azo groups is 2. The number of rotatable bonds is 34. The highest BCUT2D eigenvalue weighted by atomic mass is 32.2. The number of aromatic nitrogens is 6. The summed E-state index contributed by atoms with van der Waals surface area (Å²) in [5, 5.41) is 122. The van der Waals surface area contributed by atoms with Gasteiger partial charge in [-0.25, -0.2) is 15.3 Å². The lowest BCUT2D eigenvalue weighted by atomic mass is 10.1. The highest BCUT2D eigenvalue weighted by molar-refractivity contribution is 7.95. The number of fused-ring (bicyclic) bond motifs is 2. The van der Waals surface area contributed by atoms with Crippen molar-refractivity contribution in [1.82, 2.24) is 51.7 Å². The fourth-order valence-corrected chi connectivity index (χ4v) is 10.2. The van der Waals surface area contributed by atoms with Gasteiger partial charge in [-0.2, -0.15) is 66.7 Å². The Hall–Kier alpha value is -10.3. The summed E-state index contributed by atoms with van der Waals surface area (Å²) >= 11 is 0.741. The number of carbonyl (C=O) groups excluding carboxylic acids is 2. The molecule has 0 aliphatic carbocycles. The van der Waals surface area contributed by atoms with Crippen LogP contribution in [0, 0.1) is 0 Å². The van der Waals surface area contributed by atoms with Crippen LogP contribution in [-0.2, 0) is 62.9 Å². The van der Waals surface area contributed by atoms with Crippen LogP contribution in [0.2, 0.25) is 0 Å². The second-order valence-electron chi connectivity index (χ2n) is 17.7. The van der Waals surface area contributed by atoms with Crippen molar-refractivity contribution in [3.63, 3.8) is 0 Å². The molecule has 2 heterocycles. The third-order valence-electron chi connectivity index (χ3n) is 11.6. The molecule has 18 N–H and O–H groups in total. The van der Waals surface area contributed by atoms with E-state index in [2.05, 4.69) is 116 Å². The van der Waals surface area contributed by atoms with E-state index in [-0.39, 0.29) is 96.8 Å². The molecule has 0 fully saturated rings. The van der Waals surface area contributed by atoms with Gasteiger partial charge in [0.05, 0.1) is 62.2 Å². The van der Waals surface area contributed by atoms with Crippen LogP contribution < -0.4 is 48.2 Å². The summed E-state index contributed by atoms with van der Waals surface area (Å²) in [6, 6.07) is 14.9. The summed E-state index contributed by atoms with van der Waals surface area (Å²) in [6.45, 7) is -1.62. The van der Waals surface area contributed by atoms with Crippen LogP contribution in [0.1, 0.15) is 36.0 Å². The number of aliphatic hydroxyl groups excluding tert-OH is 2. The molecule has 43 nitrogen and oxygen atoms in total. The van der Waals surface area contributed by atoms with Crippen molar-refractivity contribution in [1.29, 1.82) is 0 Å². The smallest absolute Gasteiger partial charge is 0.335 e. The minimum absolute atomic E-state index is 0.00474. The maximum Gasteiger partial charge on any atom is 0.335 e. The number of benzene rings is 6. The van der Waals surface area contributed by atoms with E-state index in [9.17, 15) is 66.4 Å². The minimum Gasteiger partial charge on any atom is -0.505 e. The lowest BCUT2D eigenvalue weighted by Crippen LogP contribution is -2.31. The van der Waals surface area contributed by atoms with Crippen molar-refractivity contribution in [3.8, 4) is 29.3 Å². The predicted octanol–water partition coefficient (Wildman–Crippen LogP) is 5.31. The van der Waals surface area contributed by atoms with Crippen LogP contribution in [0.3, 0.4) is 0 Å². The van der Waals surface area contributed by atoms with Crippen molar-refractivity contribution in [2.24, 2.45) is 20.5 Å². The number of aliphatic hydroxyl groups is 2. The van der Waals surface area contributed by atoms with E-state index < -0.39 is 114 Å². The van der Waals surface area contributed by atoms with Gasteiger partial charge < -0.3 is 51.3 Å². The number of phenolic OH excluding ortho intramolecular Hbond substituents is 2. The zero-order chi connectivity index (χ0) is 67.5. The SMILES string of the molecule is O=C(CCCCC(=O)NNc1nc(O)nc(Nc2cc(SOOONCO)cc3cc(S(=O)(=O)O)c(N=Nc4ccc(C(=O)O)cc4)c(O)c23)n1)NNc1nc(O)nc(Nc2cc(S(=O)(=O)ONCO)cc3cc(SOOO)c(N=Nc4ccc(OOO)cc4)c(O)c23)n1. The fourth-order valence-electron chi connectivity index (χ4n) is 7.72. The van der Waals surface area contributed by atoms with E-state index in [1.807, 2.05) is 5.48 Å².